The Bertz CT molecular complexity index is 1060. The van der Waals surface area contributed by atoms with Crippen LogP contribution in [0.5, 0.6) is 0 Å². The maximum Gasteiger partial charge on any atom is 0.254 e. The van der Waals surface area contributed by atoms with Crippen molar-refractivity contribution in [2.45, 2.75) is 58.3 Å². The molecule has 4 bridgehead atoms. The number of piperazine rings is 1. The zero-order valence-corrected chi connectivity index (χ0v) is 19.9. The molecule has 2 amide bonds. The Hall–Kier alpha value is -2.43. The smallest absolute Gasteiger partial charge is 0.254 e. The minimum absolute atomic E-state index is 0.0670. The van der Waals surface area contributed by atoms with Crippen molar-refractivity contribution in [3.63, 3.8) is 0 Å². The number of nitrogens with zero attached hydrogens (tertiary/aromatic N) is 3. The van der Waals surface area contributed by atoms with Gasteiger partial charge in [-0.3, -0.25) is 14.6 Å². The van der Waals surface area contributed by atoms with Crippen LogP contribution in [0.2, 0.25) is 0 Å². The van der Waals surface area contributed by atoms with Crippen molar-refractivity contribution in [2.75, 3.05) is 26.2 Å². The molecule has 0 N–H and O–H groups in total. The van der Waals surface area contributed by atoms with Crippen molar-refractivity contribution in [1.29, 1.82) is 0 Å². The second-order valence-electron chi connectivity index (χ2n) is 11.5. The van der Waals surface area contributed by atoms with Crippen LogP contribution in [0.3, 0.4) is 0 Å². The van der Waals surface area contributed by atoms with Gasteiger partial charge in [-0.05, 0) is 74.3 Å². The maximum atomic E-state index is 13.7. The predicted molar refractivity (Wildman–Crippen MR) is 129 cm³/mol. The minimum atomic E-state index is -0.0889. The normalized spacial score (nSPS) is 30.9. The van der Waals surface area contributed by atoms with Gasteiger partial charge in [-0.15, -0.1) is 0 Å². The highest BCUT2D eigenvalue weighted by Crippen LogP contribution is 2.60. The molecule has 0 spiro atoms. The second-order valence-corrected chi connectivity index (χ2v) is 11.5. The van der Waals surface area contributed by atoms with Crippen LogP contribution in [0.15, 0.2) is 30.3 Å². The quantitative estimate of drug-likeness (QED) is 0.678. The van der Waals surface area contributed by atoms with Crippen molar-refractivity contribution in [2.24, 2.45) is 23.2 Å². The van der Waals surface area contributed by atoms with Crippen LogP contribution >= 0.6 is 0 Å². The number of pyridine rings is 1. The molecule has 5 aliphatic rings. The third-order valence-corrected chi connectivity index (χ3v) is 8.90. The number of amides is 2. The van der Waals surface area contributed by atoms with E-state index in [1.807, 2.05) is 35.2 Å². The van der Waals surface area contributed by atoms with Gasteiger partial charge in [0.25, 0.3) is 5.91 Å². The van der Waals surface area contributed by atoms with E-state index in [0.29, 0.717) is 32.1 Å². The van der Waals surface area contributed by atoms with Crippen molar-refractivity contribution in [3.8, 4) is 0 Å². The van der Waals surface area contributed by atoms with E-state index in [1.54, 1.807) is 0 Å². The van der Waals surface area contributed by atoms with E-state index >= 15 is 0 Å². The van der Waals surface area contributed by atoms with Crippen LogP contribution in [0, 0.1) is 23.2 Å². The van der Waals surface area contributed by atoms with Crippen LogP contribution in [0.25, 0.3) is 10.9 Å². The second kappa shape index (κ2) is 7.82. The lowest BCUT2D eigenvalue weighted by molar-refractivity contribution is -0.159. The summed E-state index contributed by atoms with van der Waals surface area (Å²) < 4.78 is 0. The molecule has 5 nitrogen and oxygen atoms in total. The molecule has 0 radical (unpaired) electrons. The van der Waals surface area contributed by atoms with Gasteiger partial charge in [0.05, 0.1) is 16.5 Å². The van der Waals surface area contributed by atoms with Crippen LogP contribution in [0.1, 0.15) is 74.3 Å². The summed E-state index contributed by atoms with van der Waals surface area (Å²) in [6.07, 6.45) is 7.39. The third kappa shape index (κ3) is 3.55. The zero-order chi connectivity index (χ0) is 22.7. The average molecular weight is 446 g/mol. The molecule has 0 atom stereocenters. The summed E-state index contributed by atoms with van der Waals surface area (Å²) in [7, 11) is 0. The molecule has 174 valence electrons. The molecular weight excluding hydrogens is 410 g/mol. The Kier molecular flexibility index (Phi) is 5.00. The monoisotopic (exact) mass is 445 g/mol. The van der Waals surface area contributed by atoms with E-state index in [9.17, 15) is 9.59 Å². The van der Waals surface area contributed by atoms with Crippen molar-refractivity contribution in [3.05, 3.63) is 41.6 Å². The highest BCUT2D eigenvalue weighted by atomic mass is 16.2. The predicted octanol–water partition coefficient (Wildman–Crippen LogP) is 4.86. The lowest BCUT2D eigenvalue weighted by atomic mass is 9.49. The van der Waals surface area contributed by atoms with Gasteiger partial charge in [0.2, 0.25) is 5.91 Å². The molecule has 1 aromatic carbocycles. The number of para-hydroxylation sites is 1. The number of rotatable bonds is 3. The SMILES string of the molecule is CC(C)c1cc(C(=O)N2CCN(C(=O)C34CC5CC(CC(C5)C3)C4)CC2)c2ccccc2n1. The molecule has 2 aromatic rings. The molecular formula is C28H35N3O2. The topological polar surface area (TPSA) is 53.5 Å². The Morgan fingerprint density at radius 2 is 1.48 bits per heavy atom. The van der Waals surface area contributed by atoms with Crippen LogP contribution in [-0.2, 0) is 4.79 Å². The number of fused-ring (bicyclic) bond motifs is 1. The molecule has 7 rings (SSSR count). The molecule has 1 aromatic heterocycles. The first-order valence-corrected chi connectivity index (χ1v) is 12.9. The first-order valence-electron chi connectivity index (χ1n) is 12.9. The van der Waals surface area contributed by atoms with Gasteiger partial charge in [-0.2, -0.15) is 0 Å². The first kappa shape index (κ1) is 21.1. The van der Waals surface area contributed by atoms with E-state index in [0.717, 1.165) is 59.2 Å². The Labute approximate surface area is 196 Å². The minimum Gasteiger partial charge on any atom is -0.339 e. The maximum absolute atomic E-state index is 13.7. The molecule has 0 unspecified atom stereocenters. The molecule has 4 aliphatic carbocycles. The Morgan fingerprint density at radius 3 is 2.09 bits per heavy atom. The molecule has 5 fully saturated rings. The van der Waals surface area contributed by atoms with Gasteiger partial charge in [0.15, 0.2) is 0 Å². The highest BCUT2D eigenvalue weighted by molar-refractivity contribution is 6.06. The summed E-state index contributed by atoms with van der Waals surface area (Å²) in [4.78, 5) is 36.1. The molecule has 1 saturated heterocycles. The summed E-state index contributed by atoms with van der Waals surface area (Å²) in [5, 5.41) is 0.916. The van der Waals surface area contributed by atoms with Crippen molar-refractivity contribution in [1.82, 2.24) is 14.8 Å². The Balaban J connectivity index is 1.18. The van der Waals surface area contributed by atoms with Gasteiger partial charge in [0.1, 0.15) is 0 Å². The number of carbonyl (C=O) groups excluding carboxylic acids is 2. The van der Waals surface area contributed by atoms with Crippen LogP contribution in [0.4, 0.5) is 0 Å². The summed E-state index contributed by atoms with van der Waals surface area (Å²) in [6.45, 7) is 6.77. The van der Waals surface area contributed by atoms with E-state index in [4.69, 9.17) is 4.98 Å². The van der Waals surface area contributed by atoms with Gasteiger partial charge in [0, 0.05) is 37.3 Å². The summed E-state index contributed by atoms with van der Waals surface area (Å²) in [5.74, 6) is 3.05. The van der Waals surface area contributed by atoms with Gasteiger partial charge < -0.3 is 9.80 Å². The number of aromatic nitrogens is 1. The van der Waals surface area contributed by atoms with Crippen molar-refractivity contribution < 1.29 is 9.59 Å². The lowest BCUT2D eigenvalue weighted by Crippen LogP contribution is -2.58. The number of benzene rings is 1. The standard InChI is InChI=1S/C28H35N3O2/c1-18(2)25-14-23(22-5-3-4-6-24(22)29-25)26(32)30-7-9-31(10-8-30)27(33)28-15-19-11-20(16-28)13-21(12-19)17-28/h3-6,14,18-21H,7-13,15-17H2,1-2H3. The van der Waals surface area contributed by atoms with E-state index in [2.05, 4.69) is 18.7 Å². The number of carbonyl (C=O) groups is 2. The number of hydrogen-bond acceptors (Lipinski definition) is 3. The molecule has 1 aliphatic heterocycles. The van der Waals surface area contributed by atoms with Gasteiger partial charge in [-0.1, -0.05) is 32.0 Å². The summed E-state index contributed by atoms with van der Waals surface area (Å²) in [6, 6.07) is 9.90. The van der Waals surface area contributed by atoms with E-state index < -0.39 is 0 Å². The first-order chi connectivity index (χ1) is 15.9. The highest BCUT2D eigenvalue weighted by Gasteiger charge is 2.55. The van der Waals surface area contributed by atoms with Gasteiger partial charge >= 0.3 is 0 Å². The number of hydrogen-bond donors (Lipinski definition) is 0. The Morgan fingerprint density at radius 1 is 0.909 bits per heavy atom. The largest absolute Gasteiger partial charge is 0.339 e. The van der Waals surface area contributed by atoms with E-state index in [-0.39, 0.29) is 17.2 Å². The fourth-order valence-electron chi connectivity index (χ4n) is 7.66. The molecule has 5 heteroatoms. The average Bonchev–Trinajstić information content (AvgIpc) is 2.81. The molecule has 2 heterocycles. The van der Waals surface area contributed by atoms with Crippen LogP contribution < -0.4 is 0 Å². The fraction of sp³-hybridized carbons (Fsp3) is 0.607. The fourth-order valence-corrected chi connectivity index (χ4v) is 7.66. The lowest BCUT2D eigenvalue weighted by Gasteiger charge is -2.57. The third-order valence-electron chi connectivity index (χ3n) is 8.90. The molecule has 4 saturated carbocycles. The zero-order valence-electron chi connectivity index (χ0n) is 19.9. The summed E-state index contributed by atoms with van der Waals surface area (Å²) >= 11 is 0. The summed E-state index contributed by atoms with van der Waals surface area (Å²) in [5.41, 5.74) is 2.48. The van der Waals surface area contributed by atoms with Crippen molar-refractivity contribution >= 4 is 22.7 Å². The van der Waals surface area contributed by atoms with E-state index in [1.165, 1.54) is 19.3 Å². The molecule has 33 heavy (non-hydrogen) atoms. The van der Waals surface area contributed by atoms with Gasteiger partial charge in [-0.25, -0.2) is 0 Å². The van der Waals surface area contributed by atoms with Crippen LogP contribution in [-0.4, -0.2) is 52.8 Å².